The summed E-state index contributed by atoms with van der Waals surface area (Å²) in [6, 6.07) is 10.7. The molecule has 1 unspecified atom stereocenters. The molecule has 2 N–H and O–H groups in total. The number of hydrogen-bond donors (Lipinski definition) is 2. The molecule has 0 bridgehead atoms. The van der Waals surface area contributed by atoms with Gasteiger partial charge in [-0.15, -0.1) is 0 Å². The molecule has 2 aromatic rings. The molecule has 7 nitrogen and oxygen atoms in total. The van der Waals surface area contributed by atoms with Crippen molar-refractivity contribution in [2.45, 2.75) is 26.3 Å². The highest BCUT2D eigenvalue weighted by atomic mass is 15.3. The first-order chi connectivity index (χ1) is 13.2. The van der Waals surface area contributed by atoms with Crippen molar-refractivity contribution in [3.63, 3.8) is 0 Å². The van der Waals surface area contributed by atoms with E-state index in [9.17, 15) is 0 Å². The van der Waals surface area contributed by atoms with Crippen LogP contribution in [0, 0.1) is 5.92 Å². The summed E-state index contributed by atoms with van der Waals surface area (Å²) in [7, 11) is 1.89. The molecule has 1 fully saturated rings. The molecule has 2 heterocycles. The molecule has 1 aromatic heterocycles. The zero-order chi connectivity index (χ0) is 18.9. The van der Waals surface area contributed by atoms with Gasteiger partial charge < -0.3 is 15.5 Å². The third-order valence-electron chi connectivity index (χ3n) is 5.02. The van der Waals surface area contributed by atoms with Crippen LogP contribution in [-0.4, -0.2) is 58.3 Å². The van der Waals surface area contributed by atoms with Gasteiger partial charge in [0.2, 0.25) is 0 Å². The van der Waals surface area contributed by atoms with Gasteiger partial charge in [0, 0.05) is 33.2 Å². The van der Waals surface area contributed by atoms with Gasteiger partial charge in [-0.2, -0.15) is 5.10 Å². The topological polar surface area (TPSA) is 70.4 Å². The number of likely N-dealkylation sites (tertiary alicyclic amines) is 1. The molecular weight excluding hydrogens is 338 g/mol. The van der Waals surface area contributed by atoms with Crippen molar-refractivity contribution in [1.82, 2.24) is 30.3 Å². The lowest BCUT2D eigenvalue weighted by atomic mass is 10.1. The Morgan fingerprint density at radius 1 is 1.26 bits per heavy atom. The number of aromatic nitrogens is 3. The van der Waals surface area contributed by atoms with E-state index in [-0.39, 0.29) is 0 Å². The van der Waals surface area contributed by atoms with Crippen LogP contribution in [0.2, 0.25) is 0 Å². The van der Waals surface area contributed by atoms with Gasteiger partial charge in [0.05, 0.1) is 0 Å². The molecule has 7 heteroatoms. The molecule has 1 atom stereocenters. The lowest BCUT2D eigenvalue weighted by molar-refractivity contribution is 0.328. The lowest BCUT2D eigenvalue weighted by Gasteiger charge is -2.17. The van der Waals surface area contributed by atoms with E-state index in [2.05, 4.69) is 67.9 Å². The highest BCUT2D eigenvalue weighted by molar-refractivity contribution is 5.79. The first-order valence-corrected chi connectivity index (χ1v) is 9.86. The molecule has 0 saturated carbocycles. The molecule has 1 aromatic carbocycles. The summed E-state index contributed by atoms with van der Waals surface area (Å²) < 4.78 is 1.76. The fraction of sp³-hybridized carbons (Fsp3) is 0.550. The van der Waals surface area contributed by atoms with Gasteiger partial charge in [0.25, 0.3) is 0 Å². The van der Waals surface area contributed by atoms with Crippen LogP contribution in [-0.2, 0) is 20.0 Å². The number of aliphatic imine (C=N–C) groups is 1. The fourth-order valence-corrected chi connectivity index (χ4v) is 3.41. The number of guanidine groups is 1. The molecule has 0 aliphatic carbocycles. The van der Waals surface area contributed by atoms with E-state index >= 15 is 0 Å². The zero-order valence-corrected chi connectivity index (χ0v) is 16.4. The van der Waals surface area contributed by atoms with E-state index in [1.165, 1.54) is 18.5 Å². The third kappa shape index (κ3) is 6.06. The predicted molar refractivity (Wildman–Crippen MR) is 109 cm³/mol. The Hall–Kier alpha value is -2.41. The summed E-state index contributed by atoms with van der Waals surface area (Å²) in [5, 5.41) is 10.9. The van der Waals surface area contributed by atoms with Crippen molar-refractivity contribution in [3.05, 3.63) is 48.0 Å². The van der Waals surface area contributed by atoms with E-state index in [1.54, 1.807) is 11.0 Å². The van der Waals surface area contributed by atoms with Crippen molar-refractivity contribution < 1.29 is 0 Å². The van der Waals surface area contributed by atoms with E-state index < -0.39 is 0 Å². The van der Waals surface area contributed by atoms with Gasteiger partial charge in [-0.25, -0.2) is 9.98 Å². The van der Waals surface area contributed by atoms with Crippen molar-refractivity contribution in [2.75, 3.05) is 32.7 Å². The van der Waals surface area contributed by atoms with Crippen LogP contribution in [0.3, 0.4) is 0 Å². The minimum Gasteiger partial charge on any atom is -0.357 e. The number of hydrogen-bond acceptors (Lipinski definition) is 4. The normalized spacial score (nSPS) is 18.0. The van der Waals surface area contributed by atoms with Gasteiger partial charge in [-0.1, -0.05) is 30.3 Å². The molecule has 1 aliphatic heterocycles. The number of aryl methyl sites for hydroxylation is 1. The highest BCUT2D eigenvalue weighted by Crippen LogP contribution is 2.16. The van der Waals surface area contributed by atoms with Crippen molar-refractivity contribution in [1.29, 1.82) is 0 Å². The van der Waals surface area contributed by atoms with Crippen LogP contribution >= 0.6 is 0 Å². The lowest BCUT2D eigenvalue weighted by Crippen LogP contribution is -2.40. The van der Waals surface area contributed by atoms with E-state index in [1.807, 2.05) is 7.05 Å². The second-order valence-electron chi connectivity index (χ2n) is 7.07. The minimum atomic E-state index is 0.527. The molecule has 3 rings (SSSR count). The van der Waals surface area contributed by atoms with Crippen LogP contribution in [0.4, 0.5) is 0 Å². The summed E-state index contributed by atoms with van der Waals surface area (Å²) in [5.74, 6) is 2.38. The zero-order valence-electron chi connectivity index (χ0n) is 16.4. The van der Waals surface area contributed by atoms with Gasteiger partial charge >= 0.3 is 0 Å². The third-order valence-corrected chi connectivity index (χ3v) is 5.02. The monoisotopic (exact) mass is 369 g/mol. The SMILES string of the molecule is CCNC(=NCc1ncnn1C)NCC1CCN(CCc2ccccc2)C1. The molecule has 0 radical (unpaired) electrons. The summed E-state index contributed by atoms with van der Waals surface area (Å²) in [4.78, 5) is 11.4. The maximum atomic E-state index is 4.63. The van der Waals surface area contributed by atoms with Gasteiger partial charge in [0.15, 0.2) is 5.96 Å². The Kier molecular flexibility index (Phi) is 7.21. The molecule has 1 saturated heterocycles. The highest BCUT2D eigenvalue weighted by Gasteiger charge is 2.22. The maximum Gasteiger partial charge on any atom is 0.191 e. The molecule has 0 amide bonds. The second-order valence-corrected chi connectivity index (χ2v) is 7.07. The van der Waals surface area contributed by atoms with Crippen LogP contribution in [0.1, 0.15) is 24.7 Å². The standard InChI is InChI=1S/C20H31N7/c1-3-21-20(23-14-19-24-16-25-26(19)2)22-13-18-10-12-27(15-18)11-9-17-7-5-4-6-8-17/h4-8,16,18H,3,9-15H2,1-2H3,(H2,21,22,23). The average Bonchev–Trinajstić information content (AvgIpc) is 3.32. The summed E-state index contributed by atoms with van der Waals surface area (Å²) >= 11 is 0. The van der Waals surface area contributed by atoms with Crippen molar-refractivity contribution >= 4 is 5.96 Å². The Morgan fingerprint density at radius 2 is 2.11 bits per heavy atom. The van der Waals surface area contributed by atoms with Gasteiger partial charge in [-0.05, 0) is 37.8 Å². The first kappa shape index (κ1) is 19.4. The molecule has 1 aliphatic rings. The fourth-order valence-electron chi connectivity index (χ4n) is 3.41. The van der Waals surface area contributed by atoms with E-state index in [0.717, 1.165) is 44.4 Å². The maximum absolute atomic E-state index is 4.63. The van der Waals surface area contributed by atoms with Crippen LogP contribution in [0.15, 0.2) is 41.7 Å². The predicted octanol–water partition coefficient (Wildman–Crippen LogP) is 1.43. The Morgan fingerprint density at radius 3 is 2.85 bits per heavy atom. The van der Waals surface area contributed by atoms with E-state index in [4.69, 9.17) is 0 Å². The quantitative estimate of drug-likeness (QED) is 0.544. The summed E-state index contributed by atoms with van der Waals surface area (Å²) in [6.45, 7) is 7.89. The largest absolute Gasteiger partial charge is 0.357 e. The van der Waals surface area contributed by atoms with Gasteiger partial charge in [0.1, 0.15) is 18.7 Å². The molecule has 146 valence electrons. The molecule has 27 heavy (non-hydrogen) atoms. The Balaban J connectivity index is 1.42. The van der Waals surface area contributed by atoms with Crippen LogP contribution < -0.4 is 10.6 Å². The number of nitrogens with zero attached hydrogens (tertiary/aromatic N) is 5. The number of benzene rings is 1. The van der Waals surface area contributed by atoms with Crippen LogP contribution in [0.5, 0.6) is 0 Å². The molecule has 0 spiro atoms. The van der Waals surface area contributed by atoms with Gasteiger partial charge in [-0.3, -0.25) is 4.68 Å². The summed E-state index contributed by atoms with van der Waals surface area (Å²) in [6.07, 6.45) is 3.93. The average molecular weight is 370 g/mol. The van der Waals surface area contributed by atoms with Crippen molar-refractivity contribution in [2.24, 2.45) is 18.0 Å². The van der Waals surface area contributed by atoms with Crippen molar-refractivity contribution in [3.8, 4) is 0 Å². The first-order valence-electron chi connectivity index (χ1n) is 9.86. The summed E-state index contributed by atoms with van der Waals surface area (Å²) in [5.41, 5.74) is 1.42. The van der Waals surface area contributed by atoms with E-state index in [0.29, 0.717) is 12.5 Å². The smallest absolute Gasteiger partial charge is 0.191 e. The van der Waals surface area contributed by atoms with Crippen LogP contribution in [0.25, 0.3) is 0 Å². The second kappa shape index (κ2) is 10.1. The Labute approximate surface area is 161 Å². The number of rotatable bonds is 8. The molecular formula is C20H31N7. The number of nitrogens with one attached hydrogen (secondary N) is 2. The Bertz CT molecular complexity index is 710. The minimum absolute atomic E-state index is 0.527.